The molecule has 1 rings (SSSR count). The minimum atomic E-state index is -0.559. The van der Waals surface area contributed by atoms with E-state index in [9.17, 15) is 14.9 Å². The van der Waals surface area contributed by atoms with Gasteiger partial charge in [-0.3, -0.25) is 14.9 Å². The molecule has 0 fully saturated rings. The van der Waals surface area contributed by atoms with E-state index in [2.05, 4.69) is 5.32 Å². The van der Waals surface area contributed by atoms with Crippen molar-refractivity contribution in [3.05, 3.63) is 33.9 Å². The van der Waals surface area contributed by atoms with Crippen molar-refractivity contribution in [3.8, 4) is 5.75 Å². The zero-order valence-electron chi connectivity index (χ0n) is 11.3. The second kappa shape index (κ2) is 8.34. The molecule has 8 heteroatoms. The maximum absolute atomic E-state index is 11.8. The van der Waals surface area contributed by atoms with Gasteiger partial charge >= 0.3 is 5.69 Å². The number of amides is 1. The maximum atomic E-state index is 11.8. The lowest BCUT2D eigenvalue weighted by molar-refractivity contribution is -0.385. The molecule has 0 spiro atoms. The maximum Gasteiger partial charge on any atom is 0.310 e. The predicted molar refractivity (Wildman–Crippen MR) is 77.4 cm³/mol. The van der Waals surface area contributed by atoms with Gasteiger partial charge in [-0.2, -0.15) is 0 Å². The zero-order valence-corrected chi connectivity index (χ0v) is 12.1. The van der Waals surface area contributed by atoms with Gasteiger partial charge in [-0.15, -0.1) is 12.4 Å². The number of nitro groups is 1. The van der Waals surface area contributed by atoms with Crippen LogP contribution < -0.4 is 15.8 Å². The Kier molecular flexibility index (Phi) is 7.56. The summed E-state index contributed by atoms with van der Waals surface area (Å²) in [5.41, 5.74) is 5.59. The fourth-order valence-corrected chi connectivity index (χ4v) is 1.42. The first kappa shape index (κ1) is 18.1. The molecule has 1 atom stereocenters. The van der Waals surface area contributed by atoms with Crippen molar-refractivity contribution >= 4 is 24.0 Å². The molecule has 0 aromatic heterocycles. The minimum Gasteiger partial charge on any atom is -0.490 e. The highest BCUT2D eigenvalue weighted by Gasteiger charge is 2.17. The van der Waals surface area contributed by atoms with E-state index in [0.29, 0.717) is 18.7 Å². The number of hydrogen-bond acceptors (Lipinski definition) is 5. The van der Waals surface area contributed by atoms with E-state index in [-0.39, 0.29) is 35.7 Å². The van der Waals surface area contributed by atoms with E-state index in [1.54, 1.807) is 0 Å². The summed E-state index contributed by atoms with van der Waals surface area (Å²) < 4.78 is 4.90. The van der Waals surface area contributed by atoms with Gasteiger partial charge in [0.1, 0.15) is 0 Å². The van der Waals surface area contributed by atoms with Crippen LogP contribution in [0, 0.1) is 16.0 Å². The quantitative estimate of drug-likeness (QED) is 0.609. The Labute approximate surface area is 123 Å². The predicted octanol–water partition coefficient (Wildman–Crippen LogP) is 1.35. The van der Waals surface area contributed by atoms with Crippen molar-refractivity contribution in [2.45, 2.75) is 6.92 Å². The first-order valence-corrected chi connectivity index (χ1v) is 5.80. The van der Waals surface area contributed by atoms with Crippen LogP contribution in [-0.2, 0) is 0 Å². The van der Waals surface area contributed by atoms with Crippen LogP contribution in [0.5, 0.6) is 5.75 Å². The molecule has 0 saturated carbocycles. The van der Waals surface area contributed by atoms with Crippen LogP contribution in [0.2, 0.25) is 0 Å². The first-order chi connectivity index (χ1) is 8.99. The van der Waals surface area contributed by atoms with E-state index >= 15 is 0 Å². The van der Waals surface area contributed by atoms with Gasteiger partial charge in [0.25, 0.3) is 5.91 Å². The standard InChI is InChI=1S/C12H17N3O4.ClH/c1-8(6-13)7-14-12(16)9-3-4-10(15(17)18)11(5-9)19-2;/h3-5,8H,6-7,13H2,1-2H3,(H,14,16);1H. The highest BCUT2D eigenvalue weighted by atomic mass is 35.5. The molecule has 1 amide bonds. The number of hydrogen-bond donors (Lipinski definition) is 2. The van der Waals surface area contributed by atoms with Gasteiger partial charge in [0, 0.05) is 24.2 Å². The summed E-state index contributed by atoms with van der Waals surface area (Å²) in [6.45, 7) is 2.84. The molecule has 1 unspecified atom stereocenters. The van der Waals surface area contributed by atoms with Gasteiger partial charge in [0.2, 0.25) is 0 Å². The van der Waals surface area contributed by atoms with Crippen molar-refractivity contribution in [2.24, 2.45) is 11.7 Å². The highest BCUT2D eigenvalue weighted by molar-refractivity contribution is 5.95. The molecule has 0 radical (unpaired) electrons. The van der Waals surface area contributed by atoms with Gasteiger partial charge in [-0.05, 0) is 18.5 Å². The lowest BCUT2D eigenvalue weighted by atomic mass is 10.1. The Morgan fingerprint density at radius 3 is 2.70 bits per heavy atom. The Balaban J connectivity index is 0.00000361. The van der Waals surface area contributed by atoms with E-state index in [0.717, 1.165) is 0 Å². The van der Waals surface area contributed by atoms with Crippen molar-refractivity contribution in [1.29, 1.82) is 0 Å². The average Bonchev–Trinajstić information content (AvgIpc) is 2.43. The Morgan fingerprint density at radius 1 is 1.55 bits per heavy atom. The third kappa shape index (κ3) is 4.67. The second-order valence-electron chi connectivity index (χ2n) is 4.19. The lowest BCUT2D eigenvalue weighted by Gasteiger charge is -2.10. The summed E-state index contributed by atoms with van der Waals surface area (Å²) in [4.78, 5) is 22.0. The van der Waals surface area contributed by atoms with Crippen LogP contribution in [0.1, 0.15) is 17.3 Å². The van der Waals surface area contributed by atoms with E-state index < -0.39 is 4.92 Å². The number of nitrogens with one attached hydrogen (secondary N) is 1. The highest BCUT2D eigenvalue weighted by Crippen LogP contribution is 2.27. The van der Waals surface area contributed by atoms with Gasteiger partial charge < -0.3 is 15.8 Å². The SMILES string of the molecule is COc1cc(C(=O)NCC(C)CN)ccc1[N+](=O)[O-].Cl. The molecule has 0 bridgehead atoms. The van der Waals surface area contributed by atoms with Crippen LogP contribution in [0.3, 0.4) is 0 Å². The monoisotopic (exact) mass is 303 g/mol. The minimum absolute atomic E-state index is 0. The van der Waals surface area contributed by atoms with Crippen LogP contribution in [-0.4, -0.2) is 31.0 Å². The fraction of sp³-hybridized carbons (Fsp3) is 0.417. The summed E-state index contributed by atoms with van der Waals surface area (Å²) >= 11 is 0. The second-order valence-corrected chi connectivity index (χ2v) is 4.19. The molecule has 1 aromatic carbocycles. The summed E-state index contributed by atoms with van der Waals surface area (Å²) in [5, 5.41) is 13.4. The Hall–Kier alpha value is -1.86. The van der Waals surface area contributed by atoms with Crippen LogP contribution in [0.15, 0.2) is 18.2 Å². The third-order valence-electron chi connectivity index (χ3n) is 2.65. The number of rotatable bonds is 6. The van der Waals surface area contributed by atoms with Gasteiger partial charge in [-0.25, -0.2) is 0 Å². The molecule has 20 heavy (non-hydrogen) atoms. The molecule has 3 N–H and O–H groups in total. The summed E-state index contributed by atoms with van der Waals surface area (Å²) in [6.07, 6.45) is 0. The third-order valence-corrected chi connectivity index (χ3v) is 2.65. The number of methoxy groups -OCH3 is 1. The summed E-state index contributed by atoms with van der Waals surface area (Å²) in [6, 6.07) is 3.99. The van der Waals surface area contributed by atoms with Crippen molar-refractivity contribution in [1.82, 2.24) is 5.32 Å². The molecule has 112 valence electrons. The Bertz CT molecular complexity index is 482. The molecular weight excluding hydrogens is 286 g/mol. The largest absolute Gasteiger partial charge is 0.490 e. The normalized spacial score (nSPS) is 11.2. The van der Waals surface area contributed by atoms with E-state index in [4.69, 9.17) is 10.5 Å². The Morgan fingerprint density at radius 2 is 2.20 bits per heavy atom. The number of carbonyl (C=O) groups excluding carboxylic acids is 1. The molecule has 0 aliphatic carbocycles. The van der Waals surface area contributed by atoms with Crippen LogP contribution in [0.4, 0.5) is 5.69 Å². The number of nitrogens with zero attached hydrogens (tertiary/aromatic N) is 1. The van der Waals surface area contributed by atoms with Gasteiger partial charge in [-0.1, -0.05) is 6.92 Å². The average molecular weight is 304 g/mol. The topological polar surface area (TPSA) is 107 Å². The first-order valence-electron chi connectivity index (χ1n) is 5.80. The number of benzene rings is 1. The van der Waals surface area contributed by atoms with Crippen molar-refractivity contribution < 1.29 is 14.5 Å². The number of ether oxygens (including phenoxy) is 1. The summed E-state index contributed by atoms with van der Waals surface area (Å²) in [7, 11) is 1.32. The lowest BCUT2D eigenvalue weighted by Crippen LogP contribution is -2.31. The molecule has 0 aliphatic rings. The zero-order chi connectivity index (χ0) is 14.4. The number of nitrogens with two attached hydrogens (primary N) is 1. The molecular formula is C12H18ClN3O4. The fourth-order valence-electron chi connectivity index (χ4n) is 1.42. The molecule has 1 aromatic rings. The number of carbonyl (C=O) groups is 1. The van der Waals surface area contributed by atoms with Crippen LogP contribution >= 0.6 is 12.4 Å². The van der Waals surface area contributed by atoms with Gasteiger partial charge in [0.15, 0.2) is 5.75 Å². The van der Waals surface area contributed by atoms with Gasteiger partial charge in [0.05, 0.1) is 12.0 Å². The molecule has 0 aliphatic heterocycles. The molecule has 0 heterocycles. The summed E-state index contributed by atoms with van der Waals surface area (Å²) in [5.74, 6) is -0.0816. The van der Waals surface area contributed by atoms with Crippen molar-refractivity contribution in [3.63, 3.8) is 0 Å². The van der Waals surface area contributed by atoms with E-state index in [1.807, 2.05) is 6.92 Å². The number of nitro benzene ring substituents is 1. The smallest absolute Gasteiger partial charge is 0.310 e. The van der Waals surface area contributed by atoms with E-state index in [1.165, 1.54) is 25.3 Å². The number of halogens is 1. The van der Waals surface area contributed by atoms with Crippen molar-refractivity contribution in [2.75, 3.05) is 20.2 Å². The molecule has 0 saturated heterocycles. The van der Waals surface area contributed by atoms with Crippen LogP contribution in [0.25, 0.3) is 0 Å². The molecule has 7 nitrogen and oxygen atoms in total.